The van der Waals surface area contributed by atoms with E-state index < -0.39 is 5.97 Å². The Morgan fingerprint density at radius 1 is 1.56 bits per heavy atom. The number of rotatable bonds is 3. The quantitative estimate of drug-likeness (QED) is 0.835. The zero-order valence-electron chi connectivity index (χ0n) is 9.76. The van der Waals surface area contributed by atoms with Gasteiger partial charge in [0.25, 0.3) is 0 Å². The normalized spacial score (nSPS) is 10.3. The molecule has 6 heteroatoms. The molecule has 1 aromatic heterocycles. The summed E-state index contributed by atoms with van der Waals surface area (Å²) < 4.78 is 19.1. The maximum atomic E-state index is 13.0. The Hall–Kier alpha value is -2.37. The molecule has 1 aromatic carbocycles. The van der Waals surface area contributed by atoms with Gasteiger partial charge in [-0.1, -0.05) is 12.1 Å². The second-order valence-corrected chi connectivity index (χ2v) is 3.73. The Labute approximate surface area is 103 Å². The highest BCUT2D eigenvalue weighted by molar-refractivity contribution is 5.92. The van der Waals surface area contributed by atoms with Crippen molar-refractivity contribution in [2.24, 2.45) is 0 Å². The van der Waals surface area contributed by atoms with Crippen molar-refractivity contribution in [2.75, 3.05) is 12.8 Å². The van der Waals surface area contributed by atoms with Crippen LogP contribution in [0.3, 0.4) is 0 Å². The number of nitrogens with two attached hydrogens (primary N) is 1. The van der Waals surface area contributed by atoms with Crippen LogP contribution in [0, 0.1) is 5.82 Å². The minimum absolute atomic E-state index is 0.0638. The molecule has 0 amide bonds. The number of esters is 1. The number of hydrogen-bond acceptors (Lipinski definition) is 4. The van der Waals surface area contributed by atoms with Crippen LogP contribution in [0.2, 0.25) is 0 Å². The summed E-state index contributed by atoms with van der Waals surface area (Å²) in [5.41, 5.74) is 6.57. The van der Waals surface area contributed by atoms with Gasteiger partial charge in [0.15, 0.2) is 5.69 Å². The maximum absolute atomic E-state index is 13.0. The van der Waals surface area contributed by atoms with Crippen molar-refractivity contribution >= 4 is 11.8 Å². The van der Waals surface area contributed by atoms with Gasteiger partial charge in [0.2, 0.25) is 0 Å². The van der Waals surface area contributed by atoms with Gasteiger partial charge in [-0.05, 0) is 17.7 Å². The highest BCUT2D eigenvalue weighted by Gasteiger charge is 2.16. The van der Waals surface area contributed by atoms with E-state index in [9.17, 15) is 9.18 Å². The predicted molar refractivity (Wildman–Crippen MR) is 63.5 cm³/mol. The first-order valence-electron chi connectivity index (χ1n) is 5.25. The number of anilines is 1. The molecule has 1 heterocycles. The molecule has 0 fully saturated rings. The van der Waals surface area contributed by atoms with Crippen molar-refractivity contribution < 1.29 is 13.9 Å². The summed E-state index contributed by atoms with van der Waals surface area (Å²) in [4.78, 5) is 15.2. The summed E-state index contributed by atoms with van der Waals surface area (Å²) in [6.45, 7) is 0.341. The second kappa shape index (κ2) is 4.87. The van der Waals surface area contributed by atoms with Crippen molar-refractivity contribution in [3.63, 3.8) is 0 Å². The summed E-state index contributed by atoms with van der Waals surface area (Å²) in [6.07, 6.45) is 1.42. The fourth-order valence-corrected chi connectivity index (χ4v) is 1.60. The van der Waals surface area contributed by atoms with E-state index in [1.54, 1.807) is 16.7 Å². The smallest absolute Gasteiger partial charge is 0.360 e. The van der Waals surface area contributed by atoms with Crippen LogP contribution in [0.25, 0.3) is 0 Å². The molecule has 94 valence electrons. The number of imidazole rings is 1. The lowest BCUT2D eigenvalue weighted by molar-refractivity contribution is 0.0596. The molecule has 2 aromatic rings. The number of nitrogens with zero attached hydrogens (tertiary/aromatic N) is 2. The number of ether oxygens (including phenoxy) is 1. The second-order valence-electron chi connectivity index (χ2n) is 3.73. The zero-order chi connectivity index (χ0) is 13.1. The van der Waals surface area contributed by atoms with E-state index in [4.69, 9.17) is 5.73 Å². The lowest BCUT2D eigenvalue weighted by atomic mass is 10.2. The molecule has 0 aliphatic rings. The van der Waals surface area contributed by atoms with Crippen LogP contribution in [0.1, 0.15) is 16.1 Å². The van der Waals surface area contributed by atoms with Crippen LogP contribution in [0.5, 0.6) is 0 Å². The van der Waals surface area contributed by atoms with Crippen LogP contribution in [-0.2, 0) is 11.3 Å². The molecule has 18 heavy (non-hydrogen) atoms. The number of hydrogen-bond donors (Lipinski definition) is 1. The van der Waals surface area contributed by atoms with Gasteiger partial charge in [-0.3, -0.25) is 0 Å². The highest BCUT2D eigenvalue weighted by Crippen LogP contribution is 2.14. The van der Waals surface area contributed by atoms with Crippen molar-refractivity contribution in [2.45, 2.75) is 6.54 Å². The van der Waals surface area contributed by atoms with Gasteiger partial charge in [0, 0.05) is 0 Å². The number of carbonyl (C=O) groups is 1. The average molecular weight is 249 g/mol. The first-order valence-corrected chi connectivity index (χ1v) is 5.25. The first kappa shape index (κ1) is 12.1. The summed E-state index contributed by atoms with van der Waals surface area (Å²) in [7, 11) is 1.26. The lowest BCUT2D eigenvalue weighted by Gasteiger charge is -2.05. The summed E-state index contributed by atoms with van der Waals surface area (Å²) >= 11 is 0. The van der Waals surface area contributed by atoms with Gasteiger partial charge in [0.1, 0.15) is 11.6 Å². The number of methoxy groups -OCH3 is 1. The number of aromatic nitrogens is 2. The molecular formula is C12H12FN3O2. The highest BCUT2D eigenvalue weighted by atomic mass is 19.1. The van der Waals surface area contributed by atoms with Gasteiger partial charge >= 0.3 is 5.97 Å². The van der Waals surface area contributed by atoms with E-state index in [-0.39, 0.29) is 17.3 Å². The number of benzene rings is 1. The van der Waals surface area contributed by atoms with Crippen LogP contribution in [-0.4, -0.2) is 22.6 Å². The largest absolute Gasteiger partial charge is 0.464 e. The summed E-state index contributed by atoms with van der Waals surface area (Å²) in [5, 5.41) is 0. The van der Waals surface area contributed by atoms with Crippen LogP contribution in [0.4, 0.5) is 10.2 Å². The summed E-state index contributed by atoms with van der Waals surface area (Å²) in [6, 6.07) is 6.14. The average Bonchev–Trinajstić information content (AvgIpc) is 2.70. The van der Waals surface area contributed by atoms with E-state index in [1.165, 1.54) is 25.6 Å². The van der Waals surface area contributed by atoms with Gasteiger partial charge in [-0.15, -0.1) is 0 Å². The Morgan fingerprint density at radius 2 is 2.33 bits per heavy atom. The standard InChI is InChI=1S/C12H12FN3O2/c1-18-12(17)10-11(14)16(7-15-10)6-8-3-2-4-9(13)5-8/h2-5,7H,6,14H2,1H3. The topological polar surface area (TPSA) is 70.1 Å². The Morgan fingerprint density at radius 3 is 3.00 bits per heavy atom. The molecule has 0 unspecified atom stereocenters. The van der Waals surface area contributed by atoms with Gasteiger partial charge < -0.3 is 15.0 Å². The molecule has 0 atom stereocenters. The van der Waals surface area contributed by atoms with Crippen molar-refractivity contribution in [1.82, 2.24) is 9.55 Å². The molecule has 0 saturated carbocycles. The molecule has 0 spiro atoms. The van der Waals surface area contributed by atoms with Crippen LogP contribution in [0.15, 0.2) is 30.6 Å². The van der Waals surface area contributed by atoms with E-state index >= 15 is 0 Å². The molecule has 0 aliphatic carbocycles. The number of halogens is 1. The van der Waals surface area contributed by atoms with Crippen molar-refractivity contribution in [3.8, 4) is 0 Å². The van der Waals surface area contributed by atoms with Crippen LogP contribution >= 0.6 is 0 Å². The molecule has 5 nitrogen and oxygen atoms in total. The first-order chi connectivity index (χ1) is 8.61. The maximum Gasteiger partial charge on any atom is 0.360 e. The number of carbonyl (C=O) groups excluding carboxylic acids is 1. The van der Waals surface area contributed by atoms with Gasteiger partial charge in [0.05, 0.1) is 20.0 Å². The van der Waals surface area contributed by atoms with E-state index in [0.717, 1.165) is 5.56 Å². The summed E-state index contributed by atoms with van der Waals surface area (Å²) in [5.74, 6) is -0.712. The van der Waals surface area contributed by atoms with Crippen molar-refractivity contribution in [3.05, 3.63) is 47.7 Å². The van der Waals surface area contributed by atoms with E-state index in [0.29, 0.717) is 6.54 Å². The molecule has 2 rings (SSSR count). The molecule has 2 N–H and O–H groups in total. The fraction of sp³-hybridized carbons (Fsp3) is 0.167. The monoisotopic (exact) mass is 249 g/mol. The molecule has 0 radical (unpaired) electrons. The molecule has 0 bridgehead atoms. The molecule has 0 aliphatic heterocycles. The lowest BCUT2D eigenvalue weighted by Crippen LogP contribution is -2.09. The molecular weight excluding hydrogens is 237 g/mol. The van der Waals surface area contributed by atoms with E-state index in [1.807, 2.05) is 0 Å². The van der Waals surface area contributed by atoms with Crippen molar-refractivity contribution in [1.29, 1.82) is 0 Å². The number of nitrogen functional groups attached to an aromatic ring is 1. The third-order valence-corrected chi connectivity index (χ3v) is 2.50. The minimum Gasteiger partial charge on any atom is -0.464 e. The minimum atomic E-state index is -0.592. The van der Waals surface area contributed by atoms with Gasteiger partial charge in [-0.2, -0.15) is 0 Å². The van der Waals surface area contributed by atoms with Gasteiger partial charge in [-0.25, -0.2) is 14.2 Å². The fourth-order valence-electron chi connectivity index (χ4n) is 1.60. The Bertz CT molecular complexity index is 580. The Kier molecular flexibility index (Phi) is 3.27. The third-order valence-electron chi connectivity index (χ3n) is 2.50. The zero-order valence-corrected chi connectivity index (χ0v) is 9.76. The third kappa shape index (κ3) is 2.32. The van der Waals surface area contributed by atoms with E-state index in [2.05, 4.69) is 9.72 Å². The Balaban J connectivity index is 2.25. The predicted octanol–water partition coefficient (Wildman–Crippen LogP) is 1.44. The van der Waals surface area contributed by atoms with Crippen LogP contribution < -0.4 is 5.73 Å². The molecule has 0 saturated heterocycles. The SMILES string of the molecule is COC(=O)c1ncn(Cc2cccc(F)c2)c1N.